The molecule has 0 heterocycles. The maximum Gasteiger partial charge on any atom is 0.223 e. The van der Waals surface area contributed by atoms with Crippen LogP contribution in [-0.4, -0.2) is 11.9 Å². The molecule has 2 aliphatic carbocycles. The van der Waals surface area contributed by atoms with Crippen molar-refractivity contribution >= 4 is 5.91 Å². The number of nitrogens with one attached hydrogen (secondary N) is 1. The van der Waals surface area contributed by atoms with Gasteiger partial charge in [-0.2, -0.15) is 0 Å². The van der Waals surface area contributed by atoms with Gasteiger partial charge < -0.3 is 11.1 Å². The lowest BCUT2D eigenvalue weighted by molar-refractivity contribution is -0.128. The van der Waals surface area contributed by atoms with E-state index in [1.165, 1.54) is 12.5 Å². The van der Waals surface area contributed by atoms with Crippen molar-refractivity contribution in [2.24, 2.45) is 23.5 Å². The van der Waals surface area contributed by atoms with E-state index in [4.69, 9.17) is 5.73 Å². The quantitative estimate of drug-likeness (QED) is 0.897. The van der Waals surface area contributed by atoms with Crippen LogP contribution in [0.2, 0.25) is 0 Å². The Morgan fingerprint density at radius 2 is 1.87 bits per heavy atom. The van der Waals surface area contributed by atoms with Crippen LogP contribution in [0.5, 0.6) is 0 Å². The Hall–Kier alpha value is -1.49. The number of hydrogen-bond acceptors (Lipinski definition) is 2. The maximum atomic E-state index is 13.3. The highest BCUT2D eigenvalue weighted by Crippen LogP contribution is 2.42. The van der Waals surface area contributed by atoms with Gasteiger partial charge in [-0.25, -0.2) is 8.78 Å². The van der Waals surface area contributed by atoms with E-state index < -0.39 is 11.6 Å². The fourth-order valence-corrected chi connectivity index (χ4v) is 4.20. The summed E-state index contributed by atoms with van der Waals surface area (Å²) < 4.78 is 26.3. The topological polar surface area (TPSA) is 55.1 Å². The van der Waals surface area contributed by atoms with E-state index in [2.05, 4.69) is 5.32 Å². The number of carbonyl (C=O) groups excluding carboxylic acids is 1. The van der Waals surface area contributed by atoms with Crippen molar-refractivity contribution in [3.63, 3.8) is 0 Å². The Balaban J connectivity index is 1.63. The summed E-state index contributed by atoms with van der Waals surface area (Å²) in [5.74, 6) is -0.888. The van der Waals surface area contributed by atoms with Gasteiger partial charge >= 0.3 is 0 Å². The van der Waals surface area contributed by atoms with Gasteiger partial charge in [-0.3, -0.25) is 4.79 Å². The molecule has 0 spiro atoms. The first-order valence-corrected chi connectivity index (χ1v) is 8.46. The highest BCUT2D eigenvalue weighted by Gasteiger charge is 2.40. The molecule has 3 unspecified atom stereocenters. The van der Waals surface area contributed by atoms with E-state index in [9.17, 15) is 13.6 Å². The summed E-state index contributed by atoms with van der Waals surface area (Å²) in [5.41, 5.74) is 6.83. The van der Waals surface area contributed by atoms with Gasteiger partial charge in [0.1, 0.15) is 0 Å². The first-order chi connectivity index (χ1) is 11.0. The summed E-state index contributed by atoms with van der Waals surface area (Å²) in [7, 11) is 0. The van der Waals surface area contributed by atoms with E-state index in [1.54, 1.807) is 6.92 Å². The normalized spacial score (nSPS) is 31.5. The Labute approximate surface area is 135 Å². The number of amides is 1. The zero-order valence-corrected chi connectivity index (χ0v) is 13.4. The van der Waals surface area contributed by atoms with Crippen molar-refractivity contribution in [2.75, 3.05) is 0 Å². The van der Waals surface area contributed by atoms with Crippen LogP contribution in [-0.2, 0) is 4.79 Å². The second-order valence-electron chi connectivity index (χ2n) is 7.10. The van der Waals surface area contributed by atoms with E-state index in [-0.39, 0.29) is 23.9 Å². The van der Waals surface area contributed by atoms with Crippen LogP contribution in [0.15, 0.2) is 18.2 Å². The average Bonchev–Trinajstić information content (AvgIpc) is 2.49. The summed E-state index contributed by atoms with van der Waals surface area (Å²) >= 11 is 0. The molecule has 0 aliphatic heterocycles. The van der Waals surface area contributed by atoms with Crippen LogP contribution in [0.1, 0.15) is 50.6 Å². The minimum Gasteiger partial charge on any atom is -0.349 e. The number of carbonyl (C=O) groups is 1. The second kappa shape index (κ2) is 6.56. The molecular weight excluding hydrogens is 298 g/mol. The third-order valence-electron chi connectivity index (χ3n) is 5.59. The Bertz CT molecular complexity index is 578. The van der Waals surface area contributed by atoms with Crippen LogP contribution in [0.3, 0.4) is 0 Å². The number of fused-ring (bicyclic) bond motifs is 2. The molecule has 23 heavy (non-hydrogen) atoms. The molecule has 3 N–H and O–H groups in total. The fraction of sp³-hybridized carbons (Fsp3) is 0.611. The molecule has 3 atom stereocenters. The molecule has 2 aliphatic rings. The van der Waals surface area contributed by atoms with E-state index >= 15 is 0 Å². The standard InChI is InChI=1S/C18H24F2N2O/c1-10(11-5-6-15(19)16(20)9-11)22-18(23)14-7-12-3-2-4-13(8-14)17(12)21/h5-6,9-10,12-14,17H,2-4,7-8,21H2,1H3,(H,22,23). The molecule has 2 bridgehead atoms. The van der Waals surface area contributed by atoms with Gasteiger partial charge in [0.15, 0.2) is 11.6 Å². The van der Waals surface area contributed by atoms with Crippen LogP contribution >= 0.6 is 0 Å². The monoisotopic (exact) mass is 322 g/mol. The molecule has 1 amide bonds. The number of benzene rings is 1. The van der Waals surface area contributed by atoms with Gasteiger partial charge in [0, 0.05) is 12.0 Å². The molecule has 0 saturated heterocycles. The van der Waals surface area contributed by atoms with Crippen LogP contribution in [0, 0.1) is 29.4 Å². The largest absolute Gasteiger partial charge is 0.349 e. The Kier molecular flexibility index (Phi) is 4.67. The van der Waals surface area contributed by atoms with Crippen LogP contribution < -0.4 is 11.1 Å². The van der Waals surface area contributed by atoms with Gasteiger partial charge in [0.25, 0.3) is 0 Å². The van der Waals surface area contributed by atoms with Gasteiger partial charge in [-0.1, -0.05) is 12.5 Å². The highest BCUT2D eigenvalue weighted by molar-refractivity contribution is 5.79. The summed E-state index contributed by atoms with van der Waals surface area (Å²) in [6, 6.07) is 3.64. The van der Waals surface area contributed by atoms with Crippen LogP contribution in [0.4, 0.5) is 8.78 Å². The smallest absolute Gasteiger partial charge is 0.223 e. The molecule has 1 aromatic carbocycles. The molecule has 0 aromatic heterocycles. The number of nitrogens with two attached hydrogens (primary N) is 1. The van der Waals surface area contributed by atoms with Gasteiger partial charge in [-0.15, -0.1) is 0 Å². The number of halogens is 2. The Morgan fingerprint density at radius 3 is 2.48 bits per heavy atom. The van der Waals surface area contributed by atoms with Crippen molar-refractivity contribution in [2.45, 2.75) is 51.1 Å². The van der Waals surface area contributed by atoms with Crippen molar-refractivity contribution in [1.82, 2.24) is 5.32 Å². The summed E-state index contributed by atoms with van der Waals surface area (Å²) in [5, 5.41) is 2.95. The predicted molar refractivity (Wildman–Crippen MR) is 84.4 cm³/mol. The molecule has 3 nitrogen and oxygen atoms in total. The summed E-state index contributed by atoms with van der Waals surface area (Å²) in [6.07, 6.45) is 5.12. The highest BCUT2D eigenvalue weighted by atomic mass is 19.2. The van der Waals surface area contributed by atoms with E-state index in [0.29, 0.717) is 17.4 Å². The lowest BCUT2D eigenvalue weighted by Gasteiger charge is -2.43. The minimum atomic E-state index is -0.887. The van der Waals surface area contributed by atoms with Gasteiger partial charge in [-0.05, 0) is 62.1 Å². The molecule has 3 rings (SSSR count). The number of hydrogen-bond donors (Lipinski definition) is 2. The molecule has 2 fully saturated rings. The molecular formula is C18H24F2N2O. The lowest BCUT2D eigenvalue weighted by Crippen LogP contribution is -2.49. The van der Waals surface area contributed by atoms with Gasteiger partial charge in [0.2, 0.25) is 5.91 Å². The average molecular weight is 322 g/mol. The molecule has 2 saturated carbocycles. The lowest BCUT2D eigenvalue weighted by atomic mass is 9.65. The number of rotatable bonds is 3. The molecule has 1 aromatic rings. The first-order valence-electron chi connectivity index (χ1n) is 8.46. The molecule has 0 radical (unpaired) electrons. The molecule has 5 heteroatoms. The summed E-state index contributed by atoms with van der Waals surface area (Å²) in [4.78, 5) is 12.6. The second-order valence-corrected chi connectivity index (χ2v) is 7.10. The van der Waals surface area contributed by atoms with Crippen molar-refractivity contribution in [1.29, 1.82) is 0 Å². The zero-order chi connectivity index (χ0) is 16.6. The fourth-order valence-electron chi connectivity index (χ4n) is 4.20. The van der Waals surface area contributed by atoms with Crippen LogP contribution in [0.25, 0.3) is 0 Å². The predicted octanol–water partition coefficient (Wildman–Crippen LogP) is 3.30. The SMILES string of the molecule is CC(NC(=O)C1CC2CCCC(C1)C2N)c1ccc(F)c(F)c1. The van der Waals surface area contributed by atoms with Gasteiger partial charge in [0.05, 0.1) is 6.04 Å². The van der Waals surface area contributed by atoms with Crippen molar-refractivity contribution < 1.29 is 13.6 Å². The zero-order valence-electron chi connectivity index (χ0n) is 13.4. The third kappa shape index (κ3) is 3.39. The maximum absolute atomic E-state index is 13.3. The Morgan fingerprint density at radius 1 is 1.22 bits per heavy atom. The minimum absolute atomic E-state index is 0.00559. The third-order valence-corrected chi connectivity index (χ3v) is 5.59. The van der Waals surface area contributed by atoms with E-state index in [0.717, 1.165) is 37.8 Å². The van der Waals surface area contributed by atoms with Crippen molar-refractivity contribution in [3.8, 4) is 0 Å². The van der Waals surface area contributed by atoms with Crippen molar-refractivity contribution in [3.05, 3.63) is 35.4 Å². The summed E-state index contributed by atoms with van der Waals surface area (Å²) in [6.45, 7) is 1.79. The van der Waals surface area contributed by atoms with E-state index in [1.807, 2.05) is 0 Å². The first kappa shape index (κ1) is 16.4. The molecule has 126 valence electrons.